The number of benzene rings is 5. The van der Waals surface area contributed by atoms with Crippen LogP contribution in [0.2, 0.25) is 0 Å². The summed E-state index contributed by atoms with van der Waals surface area (Å²) in [5.41, 5.74) is 8.45. The summed E-state index contributed by atoms with van der Waals surface area (Å²) < 4.78 is 85.7. The number of nitrogens with zero attached hydrogens (tertiary/aromatic N) is 5. The van der Waals surface area contributed by atoms with Gasteiger partial charge < -0.3 is 30.0 Å². The van der Waals surface area contributed by atoms with Crippen LogP contribution in [0.15, 0.2) is 119 Å². The number of aromatic nitrogens is 4. The first-order valence-electron chi connectivity index (χ1n) is 19.7. The number of nitrogens with one attached hydrogen (secondary N) is 2. The molecule has 1 aromatic heterocycles. The Bertz CT molecular complexity index is 2690. The number of rotatable bonds is 18. The number of hydrogen-bond donors (Lipinski definition) is 3. The lowest BCUT2D eigenvalue weighted by Gasteiger charge is -2.26. The number of nitrogens with two attached hydrogens (primary N) is 1. The second-order valence-electron chi connectivity index (χ2n) is 15.2. The summed E-state index contributed by atoms with van der Waals surface area (Å²) in [5.74, 6) is 1.58. The summed E-state index contributed by atoms with van der Waals surface area (Å²) in [6, 6.07) is 30.3. The Hall–Kier alpha value is -6.54. The van der Waals surface area contributed by atoms with Crippen molar-refractivity contribution in [3.8, 4) is 39.8 Å². The van der Waals surface area contributed by atoms with Gasteiger partial charge in [0.15, 0.2) is 0 Å². The summed E-state index contributed by atoms with van der Waals surface area (Å²) >= 11 is 0. The Morgan fingerprint density at radius 2 is 1.25 bits per heavy atom. The average molecular weight is 899 g/mol. The molecule has 6 aromatic rings. The number of carbonyl (C=O) groups excluding carboxylic acids is 1. The van der Waals surface area contributed by atoms with Crippen molar-refractivity contribution in [3.05, 3.63) is 126 Å². The second-order valence-corrected chi connectivity index (χ2v) is 18.8. The maximum Gasteiger partial charge on any atom is 0.407 e. The Morgan fingerprint density at radius 3 is 1.78 bits per heavy atom. The van der Waals surface area contributed by atoms with Crippen LogP contribution in [-0.4, -0.2) is 87.5 Å². The van der Waals surface area contributed by atoms with Gasteiger partial charge in [0.25, 0.3) is 0 Å². The SMILES string of the molecule is COc1ccc(CN(Cc2ccc(OC)cc2)S(=O)(=O)c2c(S(=O)(=O)NCCNC(=O)OC(C)(C)C)ccc(-c3ccccc3N)c2-c2nnn(Cc3ccc(OC)cc3)n2)cc1. The standard InChI is InChI=1S/C44H50N8O9S2/c1-44(2,3)61-43(53)46-25-26-47-62(54,55)39-24-23-37(36-9-7-8-10-38(36)45)40(42-48-50-52(49-42)29-32-15-21-35(60-6)22-16-32)41(39)63(56,57)51(27-30-11-17-33(58-4)18-12-30)28-31-13-19-34(59-5)20-14-31/h7-24,47H,25-29,45H2,1-6H3,(H,46,53). The van der Waals surface area contributed by atoms with Crippen LogP contribution in [0.5, 0.6) is 17.2 Å². The molecule has 1 amide bonds. The summed E-state index contributed by atoms with van der Waals surface area (Å²) in [6.45, 7) is 4.33. The predicted octanol–water partition coefficient (Wildman–Crippen LogP) is 5.86. The van der Waals surface area contributed by atoms with Crippen LogP contribution in [0.4, 0.5) is 10.5 Å². The molecule has 0 aliphatic heterocycles. The zero-order valence-electron chi connectivity index (χ0n) is 35.7. The molecule has 0 fully saturated rings. The number of para-hydroxylation sites is 1. The van der Waals surface area contributed by atoms with Gasteiger partial charge in [-0.25, -0.2) is 26.4 Å². The van der Waals surface area contributed by atoms with Crippen molar-refractivity contribution in [1.29, 1.82) is 0 Å². The van der Waals surface area contributed by atoms with E-state index in [1.54, 1.807) is 113 Å². The highest BCUT2D eigenvalue weighted by Crippen LogP contribution is 2.42. The number of ether oxygens (including phenoxy) is 4. The highest BCUT2D eigenvalue weighted by atomic mass is 32.2. The third-order valence-corrected chi connectivity index (χ3v) is 13.1. The first-order valence-corrected chi connectivity index (χ1v) is 22.6. The second kappa shape index (κ2) is 19.7. The summed E-state index contributed by atoms with van der Waals surface area (Å²) in [5, 5.41) is 15.8. The van der Waals surface area contributed by atoms with Gasteiger partial charge >= 0.3 is 6.09 Å². The molecule has 332 valence electrons. The average Bonchev–Trinajstić information content (AvgIpc) is 3.72. The third kappa shape index (κ3) is 11.5. The smallest absolute Gasteiger partial charge is 0.407 e. The van der Waals surface area contributed by atoms with Gasteiger partial charge in [-0.05, 0) is 96.8 Å². The molecule has 6 rings (SSSR count). The lowest BCUT2D eigenvalue weighted by Crippen LogP contribution is -2.38. The number of anilines is 1. The van der Waals surface area contributed by atoms with Crippen molar-refractivity contribution in [1.82, 2.24) is 34.6 Å². The Labute approximate surface area is 367 Å². The zero-order valence-corrected chi connectivity index (χ0v) is 37.4. The minimum atomic E-state index is -4.90. The van der Waals surface area contributed by atoms with Gasteiger partial charge in [-0.3, -0.25) is 0 Å². The highest BCUT2D eigenvalue weighted by Gasteiger charge is 2.38. The van der Waals surface area contributed by atoms with Crippen LogP contribution < -0.4 is 30.0 Å². The van der Waals surface area contributed by atoms with E-state index in [-0.39, 0.29) is 55.4 Å². The molecule has 0 spiro atoms. The van der Waals surface area contributed by atoms with Gasteiger partial charge in [-0.15, -0.1) is 10.2 Å². The monoisotopic (exact) mass is 898 g/mol. The zero-order chi connectivity index (χ0) is 45.4. The molecule has 0 bridgehead atoms. The number of amides is 1. The number of nitrogen functional groups attached to an aromatic ring is 1. The molecule has 17 nitrogen and oxygen atoms in total. The maximum absolute atomic E-state index is 15.8. The van der Waals surface area contributed by atoms with E-state index in [4.69, 9.17) is 24.7 Å². The first kappa shape index (κ1) is 46.0. The molecule has 0 aliphatic rings. The van der Waals surface area contributed by atoms with E-state index >= 15 is 8.42 Å². The Morgan fingerprint density at radius 1 is 0.714 bits per heavy atom. The molecule has 1 heterocycles. The molecule has 0 saturated carbocycles. The van der Waals surface area contributed by atoms with Crippen LogP contribution >= 0.6 is 0 Å². The van der Waals surface area contributed by atoms with Crippen LogP contribution in [0.25, 0.3) is 22.5 Å². The normalized spacial score (nSPS) is 11.9. The van der Waals surface area contributed by atoms with Gasteiger partial charge in [0.2, 0.25) is 25.9 Å². The molecule has 0 unspecified atom stereocenters. The first-order chi connectivity index (χ1) is 30.0. The molecule has 19 heteroatoms. The molecular formula is C44H50N8O9S2. The highest BCUT2D eigenvalue weighted by molar-refractivity contribution is 7.92. The van der Waals surface area contributed by atoms with E-state index in [0.717, 1.165) is 5.56 Å². The molecule has 5 aromatic carbocycles. The van der Waals surface area contributed by atoms with Crippen molar-refractivity contribution in [3.63, 3.8) is 0 Å². The topological polar surface area (TPSA) is 219 Å². The van der Waals surface area contributed by atoms with Gasteiger partial charge in [0.1, 0.15) is 32.6 Å². The van der Waals surface area contributed by atoms with Crippen LogP contribution in [0, 0.1) is 0 Å². The molecule has 0 saturated heterocycles. The number of carbonyl (C=O) groups is 1. The third-order valence-electron chi connectivity index (χ3n) is 9.54. The molecule has 0 aliphatic carbocycles. The largest absolute Gasteiger partial charge is 0.497 e. The quantitative estimate of drug-likeness (QED) is 0.0681. The molecule has 0 atom stereocenters. The molecular weight excluding hydrogens is 849 g/mol. The maximum atomic E-state index is 15.8. The minimum Gasteiger partial charge on any atom is -0.497 e. The van der Waals surface area contributed by atoms with Crippen molar-refractivity contribution in [2.75, 3.05) is 40.2 Å². The fourth-order valence-electron chi connectivity index (χ4n) is 6.49. The van der Waals surface area contributed by atoms with Crippen molar-refractivity contribution in [2.45, 2.75) is 55.8 Å². The van der Waals surface area contributed by atoms with Crippen molar-refractivity contribution >= 4 is 31.8 Å². The van der Waals surface area contributed by atoms with E-state index in [2.05, 4.69) is 25.4 Å². The fourth-order valence-corrected chi connectivity index (χ4v) is 9.93. The van der Waals surface area contributed by atoms with Crippen LogP contribution in [-0.2, 0) is 44.4 Å². The molecule has 0 radical (unpaired) electrons. The van der Waals surface area contributed by atoms with Gasteiger partial charge in [0, 0.05) is 37.4 Å². The summed E-state index contributed by atoms with van der Waals surface area (Å²) in [4.78, 5) is 12.4. The minimum absolute atomic E-state index is 0.132. The number of methoxy groups -OCH3 is 3. The van der Waals surface area contributed by atoms with Crippen molar-refractivity contribution < 1.29 is 40.6 Å². The summed E-state index contributed by atoms with van der Waals surface area (Å²) in [7, 11) is -4.99. The van der Waals surface area contributed by atoms with E-state index in [1.807, 2.05) is 12.1 Å². The van der Waals surface area contributed by atoms with E-state index in [1.165, 1.54) is 35.5 Å². The number of hydrogen-bond acceptors (Lipinski definition) is 13. The van der Waals surface area contributed by atoms with Crippen LogP contribution in [0.3, 0.4) is 0 Å². The molecule has 63 heavy (non-hydrogen) atoms. The van der Waals surface area contributed by atoms with Gasteiger partial charge in [-0.1, -0.05) is 60.7 Å². The van der Waals surface area contributed by atoms with Crippen LogP contribution in [0.1, 0.15) is 37.5 Å². The lowest BCUT2D eigenvalue weighted by atomic mass is 9.97. The van der Waals surface area contributed by atoms with Crippen molar-refractivity contribution in [2.24, 2.45) is 0 Å². The Kier molecular flexibility index (Phi) is 14.3. The van der Waals surface area contributed by atoms with Gasteiger partial charge in [0.05, 0.1) is 33.4 Å². The molecule has 4 N–H and O–H groups in total. The van der Waals surface area contributed by atoms with Gasteiger partial charge in [-0.2, -0.15) is 9.10 Å². The number of sulfonamides is 2. The summed E-state index contributed by atoms with van der Waals surface area (Å²) in [6.07, 6.45) is -0.756. The van der Waals surface area contributed by atoms with E-state index in [0.29, 0.717) is 33.9 Å². The lowest BCUT2D eigenvalue weighted by molar-refractivity contribution is 0.0528. The fraction of sp³-hybridized carbons (Fsp3) is 0.273. The van der Waals surface area contributed by atoms with E-state index in [9.17, 15) is 13.2 Å². The Balaban J connectivity index is 1.56. The predicted molar refractivity (Wildman–Crippen MR) is 237 cm³/mol. The number of tetrazole rings is 1. The number of alkyl carbamates (subject to hydrolysis) is 1. The van der Waals surface area contributed by atoms with E-state index < -0.39 is 41.5 Å².